The smallest absolute Gasteiger partial charge is 0.207 e. The average molecular weight is 332 g/mol. The van der Waals surface area contributed by atoms with E-state index >= 15 is 0 Å². The third-order valence-electron chi connectivity index (χ3n) is 5.11. The van der Waals surface area contributed by atoms with Gasteiger partial charge in [0.15, 0.2) is 6.29 Å². The zero-order valence-electron chi connectivity index (χ0n) is 12.9. The Kier molecular flexibility index (Phi) is 4.67. The van der Waals surface area contributed by atoms with Gasteiger partial charge in [-0.25, -0.2) is 0 Å². The van der Waals surface area contributed by atoms with E-state index in [1.54, 1.807) is 6.92 Å². The van der Waals surface area contributed by atoms with Crippen LogP contribution in [0.2, 0.25) is 0 Å². The molecule has 23 heavy (non-hydrogen) atoms. The lowest BCUT2D eigenvalue weighted by molar-refractivity contribution is -0.345. The maximum absolute atomic E-state index is 10.5. The lowest BCUT2D eigenvalue weighted by Crippen LogP contribution is -2.60. The van der Waals surface area contributed by atoms with Crippen molar-refractivity contribution in [2.45, 2.75) is 62.4 Å². The summed E-state index contributed by atoms with van der Waals surface area (Å²) in [5.41, 5.74) is -0.978. The summed E-state index contributed by atoms with van der Waals surface area (Å²) in [6.07, 6.45) is -2.85. The second-order valence-corrected chi connectivity index (χ2v) is 6.75. The minimum absolute atomic E-state index is 0.0913. The van der Waals surface area contributed by atoms with Gasteiger partial charge in [-0.1, -0.05) is 0 Å². The zero-order valence-corrected chi connectivity index (χ0v) is 12.9. The van der Waals surface area contributed by atoms with E-state index in [1.807, 2.05) is 6.08 Å². The summed E-state index contributed by atoms with van der Waals surface area (Å²) in [7, 11) is 0. The number of rotatable bonds is 3. The van der Waals surface area contributed by atoms with Crippen molar-refractivity contribution in [1.29, 1.82) is 0 Å². The van der Waals surface area contributed by atoms with Crippen molar-refractivity contribution in [2.24, 2.45) is 11.8 Å². The van der Waals surface area contributed by atoms with Crippen LogP contribution in [0, 0.1) is 11.8 Å². The van der Waals surface area contributed by atoms with E-state index < -0.39 is 49.2 Å². The molecule has 0 aromatic rings. The molecule has 3 aliphatic rings. The summed E-state index contributed by atoms with van der Waals surface area (Å²) in [5, 5.41) is 49.4. The molecule has 9 atom stereocenters. The molecule has 132 valence electrons. The third-order valence-corrected chi connectivity index (χ3v) is 5.11. The second-order valence-electron chi connectivity index (χ2n) is 6.75. The number of aliphatic hydroxyl groups excluding tert-OH is 4. The second kappa shape index (κ2) is 6.29. The first-order chi connectivity index (χ1) is 10.8. The molecule has 2 aliphatic heterocycles. The topological polar surface area (TPSA) is 129 Å². The van der Waals surface area contributed by atoms with Gasteiger partial charge in [-0.3, -0.25) is 0 Å². The van der Waals surface area contributed by atoms with Crippen LogP contribution in [0.4, 0.5) is 0 Å². The van der Waals surface area contributed by atoms with E-state index in [1.165, 1.54) is 6.26 Å². The number of aliphatic hydroxyl groups is 5. The highest BCUT2D eigenvalue weighted by atomic mass is 16.8. The van der Waals surface area contributed by atoms with E-state index in [-0.39, 0.29) is 11.8 Å². The first-order valence-electron chi connectivity index (χ1n) is 7.85. The number of fused-ring (bicyclic) bond motifs is 1. The van der Waals surface area contributed by atoms with Crippen LogP contribution < -0.4 is 0 Å². The lowest BCUT2D eigenvalue weighted by atomic mass is 9.85. The molecule has 5 N–H and O–H groups in total. The van der Waals surface area contributed by atoms with Crippen molar-refractivity contribution in [3.05, 3.63) is 12.3 Å². The third kappa shape index (κ3) is 3.00. The van der Waals surface area contributed by atoms with E-state index in [0.717, 1.165) is 6.42 Å². The van der Waals surface area contributed by atoms with Gasteiger partial charge in [0.2, 0.25) is 6.29 Å². The largest absolute Gasteiger partial charge is 0.472 e. The van der Waals surface area contributed by atoms with E-state index in [2.05, 4.69) is 0 Å². The van der Waals surface area contributed by atoms with Gasteiger partial charge in [-0.2, -0.15) is 0 Å². The van der Waals surface area contributed by atoms with E-state index in [4.69, 9.17) is 14.2 Å². The van der Waals surface area contributed by atoms with Crippen LogP contribution in [-0.2, 0) is 14.2 Å². The molecule has 1 saturated heterocycles. The van der Waals surface area contributed by atoms with Crippen molar-refractivity contribution in [3.63, 3.8) is 0 Å². The van der Waals surface area contributed by atoms with Crippen molar-refractivity contribution < 1.29 is 39.7 Å². The van der Waals surface area contributed by atoms with Gasteiger partial charge in [0.05, 0.1) is 24.4 Å². The molecule has 0 bridgehead atoms. The van der Waals surface area contributed by atoms with Crippen molar-refractivity contribution in [1.82, 2.24) is 0 Å². The Labute approximate surface area is 133 Å². The minimum atomic E-state index is -1.51. The Hall–Kier alpha value is -0.740. The Balaban J connectivity index is 1.74. The van der Waals surface area contributed by atoms with Crippen LogP contribution in [-0.4, -0.2) is 74.7 Å². The molecule has 0 aromatic heterocycles. The molecule has 1 saturated carbocycles. The quantitative estimate of drug-likeness (QED) is 0.420. The molecule has 2 heterocycles. The lowest BCUT2D eigenvalue weighted by Gasteiger charge is -2.43. The number of allylic oxidation sites excluding steroid dienone is 1. The van der Waals surface area contributed by atoms with Crippen molar-refractivity contribution in [2.75, 3.05) is 6.61 Å². The monoisotopic (exact) mass is 332 g/mol. The molecular formula is C15H24O8. The van der Waals surface area contributed by atoms with Gasteiger partial charge < -0.3 is 39.7 Å². The summed E-state index contributed by atoms with van der Waals surface area (Å²) in [4.78, 5) is 0. The van der Waals surface area contributed by atoms with Gasteiger partial charge >= 0.3 is 0 Å². The maximum Gasteiger partial charge on any atom is 0.207 e. The molecule has 3 rings (SSSR count). The summed E-state index contributed by atoms with van der Waals surface area (Å²) in [6.45, 7) is 1.18. The molecule has 9 unspecified atom stereocenters. The average Bonchev–Trinajstić information content (AvgIpc) is 2.84. The van der Waals surface area contributed by atoms with Crippen LogP contribution in [0.15, 0.2) is 12.3 Å². The predicted octanol–water partition coefficient (Wildman–Crippen LogP) is -1.55. The Morgan fingerprint density at radius 1 is 1.17 bits per heavy atom. The molecule has 8 nitrogen and oxygen atoms in total. The van der Waals surface area contributed by atoms with Crippen molar-refractivity contribution in [3.8, 4) is 0 Å². The van der Waals surface area contributed by atoms with E-state index in [9.17, 15) is 25.5 Å². The summed E-state index contributed by atoms with van der Waals surface area (Å²) >= 11 is 0. The normalized spacial score (nSPS) is 53.0. The Morgan fingerprint density at radius 3 is 2.61 bits per heavy atom. The first kappa shape index (κ1) is 17.1. The molecular weight excluding hydrogens is 308 g/mol. The highest BCUT2D eigenvalue weighted by molar-refractivity contribution is 5.06. The van der Waals surface area contributed by atoms with Gasteiger partial charge in [-0.05, 0) is 31.8 Å². The fourth-order valence-corrected chi connectivity index (χ4v) is 3.71. The first-order valence-corrected chi connectivity index (χ1v) is 7.85. The zero-order chi connectivity index (χ0) is 16.8. The Bertz CT molecular complexity index is 451. The van der Waals surface area contributed by atoms with Gasteiger partial charge in [0, 0.05) is 0 Å². The maximum atomic E-state index is 10.5. The molecule has 2 fully saturated rings. The number of ether oxygens (including phenoxy) is 3. The summed E-state index contributed by atoms with van der Waals surface area (Å²) < 4.78 is 16.4. The molecule has 0 aromatic carbocycles. The van der Waals surface area contributed by atoms with Crippen molar-refractivity contribution >= 4 is 0 Å². The summed E-state index contributed by atoms with van der Waals surface area (Å²) in [5.74, 6) is -0.242. The molecule has 0 amide bonds. The SMILES string of the molecule is CC1(O)CCC2C=COC(OC3OC(CO)C(O)C(O)C3O)C21. The van der Waals surface area contributed by atoms with Crippen LogP contribution in [0.3, 0.4) is 0 Å². The highest BCUT2D eigenvalue weighted by Crippen LogP contribution is 2.46. The fourth-order valence-electron chi connectivity index (χ4n) is 3.71. The van der Waals surface area contributed by atoms with Crippen LogP contribution in [0.5, 0.6) is 0 Å². The molecule has 1 aliphatic carbocycles. The predicted molar refractivity (Wildman–Crippen MR) is 75.7 cm³/mol. The van der Waals surface area contributed by atoms with Gasteiger partial charge in [-0.15, -0.1) is 0 Å². The van der Waals surface area contributed by atoms with Crippen LogP contribution in [0.1, 0.15) is 19.8 Å². The number of hydrogen-bond donors (Lipinski definition) is 5. The van der Waals surface area contributed by atoms with Crippen LogP contribution >= 0.6 is 0 Å². The summed E-state index contributed by atoms with van der Waals surface area (Å²) in [6, 6.07) is 0. The Morgan fingerprint density at radius 2 is 1.91 bits per heavy atom. The van der Waals surface area contributed by atoms with Gasteiger partial charge in [0.25, 0.3) is 0 Å². The van der Waals surface area contributed by atoms with Crippen LogP contribution in [0.25, 0.3) is 0 Å². The minimum Gasteiger partial charge on any atom is -0.472 e. The molecule has 0 spiro atoms. The van der Waals surface area contributed by atoms with Gasteiger partial charge in [0.1, 0.15) is 24.4 Å². The fraction of sp³-hybridized carbons (Fsp3) is 0.867. The number of hydrogen-bond acceptors (Lipinski definition) is 8. The highest BCUT2D eigenvalue weighted by Gasteiger charge is 2.52. The van der Waals surface area contributed by atoms with E-state index in [0.29, 0.717) is 6.42 Å². The standard InChI is InChI=1S/C15H24O8/c1-15(20)4-2-7-3-5-21-13(9(7)15)23-14-12(19)11(18)10(17)8(6-16)22-14/h3,5,7-14,16-20H,2,4,6H2,1H3. The molecule has 0 radical (unpaired) electrons. The molecule has 8 heteroatoms.